The predicted octanol–water partition coefficient (Wildman–Crippen LogP) is 3.34. The third-order valence-corrected chi connectivity index (χ3v) is 7.48. The van der Waals surface area contributed by atoms with Crippen molar-refractivity contribution >= 4 is 46.2 Å². The largest absolute Gasteiger partial charge is 0.481 e. The number of carboxylic acids is 1. The van der Waals surface area contributed by atoms with Gasteiger partial charge in [0.25, 0.3) is 0 Å². The number of anilines is 4. The summed E-state index contributed by atoms with van der Waals surface area (Å²) in [4.78, 5) is 43.8. The number of hydrogen-bond acceptors (Lipinski definition) is 8. The number of unbranched alkanes of at least 4 members (excludes halogenated alkanes) is 1. The lowest BCUT2D eigenvalue weighted by atomic mass is 9.98. The van der Waals surface area contributed by atoms with Crippen molar-refractivity contribution in [1.82, 2.24) is 24.4 Å². The quantitative estimate of drug-likeness (QED) is 0.461. The molecule has 2 aliphatic heterocycles. The molecule has 0 spiro atoms. The van der Waals surface area contributed by atoms with Crippen LogP contribution in [0.4, 0.5) is 23.1 Å². The fourth-order valence-electron chi connectivity index (χ4n) is 5.23. The number of piperidine rings is 1. The van der Waals surface area contributed by atoms with E-state index < -0.39 is 11.9 Å². The molecule has 0 radical (unpaired) electrons. The second kappa shape index (κ2) is 11.2. The summed E-state index contributed by atoms with van der Waals surface area (Å²) in [5.74, 6) is 0.0797. The normalized spacial score (nSPS) is 18.2. The Hall–Kier alpha value is -3.89. The van der Waals surface area contributed by atoms with E-state index in [2.05, 4.69) is 38.8 Å². The molecular weight excluding hydrogens is 484 g/mol. The maximum Gasteiger partial charge on any atom is 0.308 e. The molecule has 38 heavy (non-hydrogen) atoms. The molecule has 2 fully saturated rings. The molecule has 5 rings (SSSR count). The molecule has 4 heterocycles. The standard InChI is InChI=1S/C27H36N8O3/c1-3-4-11-35-18-28-23-24(34-12-5-6-20(17-34)26(37)38)30-27(31-25(23)35)29-21-7-9-22(10-8-21)33-15-13-32(14-16-33)19(2)36/h7-10,18,20H,3-6,11-17H2,1-2H3,(H,37,38)(H,29,30,31). The van der Waals surface area contributed by atoms with Gasteiger partial charge >= 0.3 is 5.97 Å². The SMILES string of the molecule is CCCCn1cnc2c(N3CCCC(C(=O)O)C3)nc(Nc3ccc(N4CCN(C(C)=O)CC4)cc3)nc21. The summed E-state index contributed by atoms with van der Waals surface area (Å²) < 4.78 is 2.05. The van der Waals surface area contributed by atoms with Crippen molar-refractivity contribution in [3.05, 3.63) is 30.6 Å². The van der Waals surface area contributed by atoms with Gasteiger partial charge in [-0.2, -0.15) is 9.97 Å². The third-order valence-electron chi connectivity index (χ3n) is 7.48. The second-order valence-corrected chi connectivity index (χ2v) is 10.1. The number of hydrogen-bond donors (Lipinski definition) is 2. The lowest BCUT2D eigenvalue weighted by molar-refractivity contribution is -0.142. The summed E-state index contributed by atoms with van der Waals surface area (Å²) in [6.07, 6.45) is 5.35. The van der Waals surface area contributed by atoms with Crippen LogP contribution in [0.3, 0.4) is 0 Å². The van der Waals surface area contributed by atoms with Crippen molar-refractivity contribution in [2.75, 3.05) is 54.4 Å². The minimum atomic E-state index is -0.769. The zero-order valence-corrected chi connectivity index (χ0v) is 22.1. The number of rotatable bonds is 8. The number of carboxylic acid groups (broad SMARTS) is 1. The number of carbonyl (C=O) groups is 2. The Morgan fingerprint density at radius 1 is 1.05 bits per heavy atom. The van der Waals surface area contributed by atoms with E-state index >= 15 is 0 Å². The lowest BCUT2D eigenvalue weighted by Gasteiger charge is -2.35. The van der Waals surface area contributed by atoms with Gasteiger partial charge in [0.2, 0.25) is 11.9 Å². The van der Waals surface area contributed by atoms with Gasteiger partial charge in [0, 0.05) is 64.1 Å². The molecule has 2 N–H and O–H groups in total. The summed E-state index contributed by atoms with van der Waals surface area (Å²) in [5.41, 5.74) is 3.44. The summed E-state index contributed by atoms with van der Waals surface area (Å²) in [6.45, 7) is 8.82. The molecule has 1 unspecified atom stereocenters. The Labute approximate surface area is 222 Å². The van der Waals surface area contributed by atoms with E-state index in [1.165, 1.54) is 0 Å². The molecule has 2 saturated heterocycles. The fourth-order valence-corrected chi connectivity index (χ4v) is 5.23. The van der Waals surface area contributed by atoms with Crippen LogP contribution in [-0.4, -0.2) is 80.7 Å². The topological polar surface area (TPSA) is 120 Å². The van der Waals surface area contributed by atoms with Crippen LogP contribution >= 0.6 is 0 Å². The third kappa shape index (κ3) is 5.51. The first kappa shape index (κ1) is 25.7. The monoisotopic (exact) mass is 520 g/mol. The Morgan fingerprint density at radius 3 is 2.50 bits per heavy atom. The van der Waals surface area contributed by atoms with E-state index in [4.69, 9.17) is 9.97 Å². The Kier molecular flexibility index (Phi) is 7.62. The summed E-state index contributed by atoms with van der Waals surface area (Å²) in [6, 6.07) is 8.16. The van der Waals surface area contributed by atoms with Gasteiger partial charge < -0.3 is 29.7 Å². The van der Waals surface area contributed by atoms with Crippen molar-refractivity contribution in [2.24, 2.45) is 5.92 Å². The predicted molar refractivity (Wildman–Crippen MR) is 147 cm³/mol. The summed E-state index contributed by atoms with van der Waals surface area (Å²) >= 11 is 0. The molecule has 11 nitrogen and oxygen atoms in total. The highest BCUT2D eigenvalue weighted by molar-refractivity contribution is 5.86. The van der Waals surface area contributed by atoms with Crippen molar-refractivity contribution in [1.29, 1.82) is 0 Å². The number of piperazine rings is 1. The number of aromatic nitrogens is 4. The molecule has 2 aromatic heterocycles. The number of nitrogens with one attached hydrogen (secondary N) is 1. The number of nitrogens with zero attached hydrogens (tertiary/aromatic N) is 7. The number of carbonyl (C=O) groups excluding carboxylic acids is 1. The maximum absolute atomic E-state index is 11.7. The molecule has 0 saturated carbocycles. The molecule has 202 valence electrons. The van der Waals surface area contributed by atoms with E-state index in [1.54, 1.807) is 6.92 Å². The molecule has 1 aromatic carbocycles. The van der Waals surface area contributed by atoms with Crippen LogP contribution in [0.25, 0.3) is 11.2 Å². The van der Waals surface area contributed by atoms with Gasteiger partial charge in [0.15, 0.2) is 17.0 Å². The van der Waals surface area contributed by atoms with Crippen LogP contribution in [0.2, 0.25) is 0 Å². The molecule has 3 aromatic rings. The zero-order chi connectivity index (χ0) is 26.6. The Bertz CT molecular complexity index is 1280. The van der Waals surface area contributed by atoms with Crippen molar-refractivity contribution in [3.63, 3.8) is 0 Å². The number of benzene rings is 1. The Balaban J connectivity index is 1.39. The number of aryl methyl sites for hydroxylation is 1. The average Bonchev–Trinajstić information content (AvgIpc) is 3.34. The highest BCUT2D eigenvalue weighted by atomic mass is 16.4. The number of aliphatic carboxylic acids is 1. The van der Waals surface area contributed by atoms with E-state index in [-0.39, 0.29) is 5.91 Å². The molecular formula is C27H36N8O3. The van der Waals surface area contributed by atoms with Gasteiger partial charge in [-0.3, -0.25) is 9.59 Å². The highest BCUT2D eigenvalue weighted by Crippen LogP contribution is 2.30. The number of fused-ring (bicyclic) bond motifs is 1. The van der Waals surface area contributed by atoms with Crippen LogP contribution in [0, 0.1) is 5.92 Å². The minimum Gasteiger partial charge on any atom is -0.481 e. The van der Waals surface area contributed by atoms with Gasteiger partial charge in [-0.05, 0) is 43.5 Å². The fraction of sp³-hybridized carbons (Fsp3) is 0.519. The Morgan fingerprint density at radius 2 is 1.82 bits per heavy atom. The van der Waals surface area contributed by atoms with Gasteiger partial charge in [0.05, 0.1) is 12.2 Å². The van der Waals surface area contributed by atoms with Gasteiger partial charge in [-0.25, -0.2) is 4.98 Å². The first-order valence-corrected chi connectivity index (χ1v) is 13.5. The van der Waals surface area contributed by atoms with E-state index in [1.807, 2.05) is 28.3 Å². The molecule has 1 atom stereocenters. The maximum atomic E-state index is 11.7. The molecule has 0 aliphatic carbocycles. The van der Waals surface area contributed by atoms with Crippen LogP contribution in [0.15, 0.2) is 30.6 Å². The van der Waals surface area contributed by atoms with Crippen molar-refractivity contribution in [3.8, 4) is 0 Å². The molecule has 1 amide bonds. The molecule has 0 bridgehead atoms. The summed E-state index contributed by atoms with van der Waals surface area (Å²) in [7, 11) is 0. The van der Waals surface area contributed by atoms with Crippen LogP contribution in [0.5, 0.6) is 0 Å². The lowest BCUT2D eigenvalue weighted by Crippen LogP contribution is -2.48. The van der Waals surface area contributed by atoms with Crippen LogP contribution in [-0.2, 0) is 16.1 Å². The second-order valence-electron chi connectivity index (χ2n) is 10.1. The van der Waals surface area contributed by atoms with Crippen molar-refractivity contribution < 1.29 is 14.7 Å². The molecule has 2 aliphatic rings. The first-order chi connectivity index (χ1) is 18.4. The number of amides is 1. The van der Waals surface area contributed by atoms with Gasteiger partial charge in [0.1, 0.15) is 0 Å². The molecule has 11 heteroatoms. The van der Waals surface area contributed by atoms with Crippen molar-refractivity contribution in [2.45, 2.75) is 46.1 Å². The minimum absolute atomic E-state index is 0.125. The van der Waals surface area contributed by atoms with E-state index in [0.29, 0.717) is 30.2 Å². The van der Waals surface area contributed by atoms with Crippen LogP contribution < -0.4 is 15.1 Å². The smallest absolute Gasteiger partial charge is 0.308 e. The number of imidazole rings is 1. The average molecular weight is 521 g/mol. The van der Waals surface area contributed by atoms with Crippen LogP contribution in [0.1, 0.15) is 39.5 Å². The highest BCUT2D eigenvalue weighted by Gasteiger charge is 2.28. The zero-order valence-electron chi connectivity index (χ0n) is 22.1. The van der Waals surface area contributed by atoms with Gasteiger partial charge in [-0.1, -0.05) is 13.3 Å². The van der Waals surface area contributed by atoms with E-state index in [0.717, 1.165) is 75.6 Å². The van der Waals surface area contributed by atoms with E-state index in [9.17, 15) is 14.7 Å². The van der Waals surface area contributed by atoms with Gasteiger partial charge in [-0.15, -0.1) is 0 Å². The summed E-state index contributed by atoms with van der Waals surface area (Å²) in [5, 5.41) is 13.0. The first-order valence-electron chi connectivity index (χ1n) is 13.5.